The molecule has 1 aliphatic rings. The SMILES string of the molecule is CCC(C)C(NC(=O)c1cc(OC)cc(OC)c1)C(=O)N1CCN(C(=O)NC(C)C)C(C)C1. The van der Waals surface area contributed by atoms with Gasteiger partial charge in [-0.2, -0.15) is 0 Å². The number of piperazine rings is 1. The summed E-state index contributed by atoms with van der Waals surface area (Å²) in [5, 5.41) is 5.83. The first-order chi connectivity index (χ1) is 15.6. The van der Waals surface area contributed by atoms with Crippen molar-refractivity contribution in [1.82, 2.24) is 20.4 Å². The Balaban J connectivity index is 2.15. The highest BCUT2D eigenvalue weighted by atomic mass is 16.5. The first-order valence-corrected chi connectivity index (χ1v) is 11.5. The van der Waals surface area contributed by atoms with Crippen molar-refractivity contribution in [3.8, 4) is 11.5 Å². The minimum atomic E-state index is -0.678. The Morgan fingerprint density at radius 3 is 2.12 bits per heavy atom. The van der Waals surface area contributed by atoms with Crippen LogP contribution in [-0.2, 0) is 4.79 Å². The van der Waals surface area contributed by atoms with Gasteiger partial charge in [-0.05, 0) is 38.8 Å². The van der Waals surface area contributed by atoms with Crippen LogP contribution < -0.4 is 20.1 Å². The largest absolute Gasteiger partial charge is 0.497 e. The maximum absolute atomic E-state index is 13.5. The number of carbonyl (C=O) groups excluding carboxylic acids is 3. The third-order valence-corrected chi connectivity index (χ3v) is 5.99. The van der Waals surface area contributed by atoms with E-state index in [1.165, 1.54) is 14.2 Å². The van der Waals surface area contributed by atoms with Gasteiger partial charge < -0.3 is 29.9 Å². The van der Waals surface area contributed by atoms with Crippen molar-refractivity contribution in [1.29, 1.82) is 0 Å². The predicted octanol–water partition coefficient (Wildman–Crippen LogP) is 2.50. The first-order valence-electron chi connectivity index (χ1n) is 11.5. The molecule has 1 aromatic carbocycles. The number of nitrogens with zero attached hydrogens (tertiary/aromatic N) is 2. The Labute approximate surface area is 196 Å². The molecule has 1 saturated heterocycles. The van der Waals surface area contributed by atoms with E-state index in [1.807, 2.05) is 34.6 Å². The highest BCUT2D eigenvalue weighted by Crippen LogP contribution is 2.23. The lowest BCUT2D eigenvalue weighted by Gasteiger charge is -2.41. The van der Waals surface area contributed by atoms with Gasteiger partial charge in [0.2, 0.25) is 5.91 Å². The molecule has 1 heterocycles. The summed E-state index contributed by atoms with van der Waals surface area (Å²) in [4.78, 5) is 42.4. The van der Waals surface area contributed by atoms with Gasteiger partial charge in [0, 0.05) is 43.3 Å². The minimum Gasteiger partial charge on any atom is -0.497 e. The number of hydrogen-bond donors (Lipinski definition) is 2. The molecule has 184 valence electrons. The van der Waals surface area contributed by atoms with Crippen molar-refractivity contribution in [2.45, 2.75) is 59.2 Å². The molecule has 2 rings (SSSR count). The molecule has 1 aromatic rings. The van der Waals surface area contributed by atoms with Crippen LogP contribution in [0.1, 0.15) is 51.4 Å². The Hall–Kier alpha value is -2.97. The maximum Gasteiger partial charge on any atom is 0.317 e. The lowest BCUT2D eigenvalue weighted by atomic mass is 9.96. The van der Waals surface area contributed by atoms with E-state index in [0.29, 0.717) is 36.7 Å². The number of rotatable bonds is 8. The smallest absolute Gasteiger partial charge is 0.317 e. The average molecular weight is 463 g/mol. The molecule has 9 heteroatoms. The fourth-order valence-electron chi connectivity index (χ4n) is 3.83. The van der Waals surface area contributed by atoms with Crippen LogP contribution in [0.25, 0.3) is 0 Å². The zero-order chi connectivity index (χ0) is 24.7. The first kappa shape index (κ1) is 26.3. The van der Waals surface area contributed by atoms with Gasteiger partial charge in [-0.3, -0.25) is 9.59 Å². The molecule has 0 aliphatic carbocycles. The molecule has 3 unspecified atom stereocenters. The zero-order valence-corrected chi connectivity index (χ0v) is 20.8. The third kappa shape index (κ3) is 6.76. The molecule has 0 saturated carbocycles. The summed E-state index contributed by atoms with van der Waals surface area (Å²) in [5.74, 6) is 0.426. The summed E-state index contributed by atoms with van der Waals surface area (Å²) < 4.78 is 10.5. The second-order valence-corrected chi connectivity index (χ2v) is 8.87. The summed E-state index contributed by atoms with van der Waals surface area (Å²) in [6.07, 6.45) is 0.727. The van der Waals surface area contributed by atoms with E-state index in [0.717, 1.165) is 6.42 Å². The molecule has 4 amide bonds. The Bertz CT molecular complexity index is 822. The molecule has 3 atom stereocenters. The quantitative estimate of drug-likeness (QED) is 0.618. The fraction of sp³-hybridized carbons (Fsp3) is 0.625. The Morgan fingerprint density at radius 1 is 1.03 bits per heavy atom. The van der Waals surface area contributed by atoms with Gasteiger partial charge in [0.1, 0.15) is 17.5 Å². The second kappa shape index (κ2) is 11.8. The molecule has 0 spiro atoms. The molecule has 0 bridgehead atoms. The van der Waals surface area contributed by atoms with E-state index in [9.17, 15) is 14.4 Å². The van der Waals surface area contributed by atoms with Crippen LogP contribution in [0.4, 0.5) is 4.79 Å². The molecular weight excluding hydrogens is 424 g/mol. The summed E-state index contributed by atoms with van der Waals surface area (Å²) in [5.41, 5.74) is 0.357. The highest BCUT2D eigenvalue weighted by Gasteiger charge is 2.35. The van der Waals surface area contributed by atoms with E-state index in [2.05, 4.69) is 10.6 Å². The topological polar surface area (TPSA) is 100 Å². The van der Waals surface area contributed by atoms with Crippen molar-refractivity contribution in [2.75, 3.05) is 33.9 Å². The Morgan fingerprint density at radius 2 is 1.64 bits per heavy atom. The van der Waals surface area contributed by atoms with Crippen LogP contribution in [0.3, 0.4) is 0 Å². The number of amides is 4. The van der Waals surface area contributed by atoms with E-state index >= 15 is 0 Å². The third-order valence-electron chi connectivity index (χ3n) is 5.99. The molecule has 0 aromatic heterocycles. The van der Waals surface area contributed by atoms with Gasteiger partial charge in [0.25, 0.3) is 5.91 Å². The predicted molar refractivity (Wildman–Crippen MR) is 127 cm³/mol. The number of carbonyl (C=O) groups is 3. The number of benzene rings is 1. The second-order valence-electron chi connectivity index (χ2n) is 8.87. The normalized spacial score (nSPS) is 17.9. The maximum atomic E-state index is 13.5. The van der Waals surface area contributed by atoms with Crippen LogP contribution in [0, 0.1) is 5.92 Å². The van der Waals surface area contributed by atoms with E-state index in [4.69, 9.17) is 9.47 Å². The van der Waals surface area contributed by atoms with E-state index in [1.54, 1.807) is 28.0 Å². The van der Waals surface area contributed by atoms with Gasteiger partial charge in [-0.25, -0.2) is 4.79 Å². The monoisotopic (exact) mass is 462 g/mol. The van der Waals surface area contributed by atoms with Gasteiger partial charge in [-0.1, -0.05) is 20.3 Å². The summed E-state index contributed by atoms with van der Waals surface area (Å²) in [6, 6.07) is 4.03. The number of nitrogens with one attached hydrogen (secondary N) is 2. The number of hydrogen-bond acceptors (Lipinski definition) is 5. The average Bonchev–Trinajstić information content (AvgIpc) is 2.80. The lowest BCUT2D eigenvalue weighted by Crippen LogP contribution is -2.61. The highest BCUT2D eigenvalue weighted by molar-refractivity contribution is 5.98. The van der Waals surface area contributed by atoms with Gasteiger partial charge in [0.05, 0.1) is 14.2 Å². The number of urea groups is 1. The van der Waals surface area contributed by atoms with Crippen molar-refractivity contribution >= 4 is 17.8 Å². The fourth-order valence-corrected chi connectivity index (χ4v) is 3.83. The summed E-state index contributed by atoms with van der Waals surface area (Å²) in [7, 11) is 3.04. The zero-order valence-electron chi connectivity index (χ0n) is 20.8. The number of methoxy groups -OCH3 is 2. The van der Waals surface area contributed by atoms with Crippen molar-refractivity contribution < 1.29 is 23.9 Å². The molecule has 2 N–H and O–H groups in total. The van der Waals surface area contributed by atoms with Gasteiger partial charge >= 0.3 is 6.03 Å². The Kier molecular flexibility index (Phi) is 9.37. The minimum absolute atomic E-state index is 0.0459. The van der Waals surface area contributed by atoms with Crippen LogP contribution in [-0.4, -0.2) is 79.6 Å². The van der Waals surface area contributed by atoms with Gasteiger partial charge in [-0.15, -0.1) is 0 Å². The van der Waals surface area contributed by atoms with Crippen molar-refractivity contribution in [3.05, 3.63) is 23.8 Å². The van der Waals surface area contributed by atoms with Crippen LogP contribution in [0.15, 0.2) is 18.2 Å². The molecule has 1 aliphatic heterocycles. The molecular formula is C24H38N4O5. The standard InChI is InChI=1S/C24H38N4O5/c1-8-16(4)21(26-22(29)18-11-19(32-6)13-20(12-18)33-7)23(30)27-9-10-28(17(5)14-27)24(31)25-15(2)3/h11-13,15-17,21H,8-10,14H2,1-7H3,(H,25,31)(H,26,29). The molecule has 9 nitrogen and oxygen atoms in total. The molecule has 33 heavy (non-hydrogen) atoms. The summed E-state index contributed by atoms with van der Waals surface area (Å²) >= 11 is 0. The molecule has 0 radical (unpaired) electrons. The van der Waals surface area contributed by atoms with Crippen LogP contribution in [0.5, 0.6) is 11.5 Å². The summed E-state index contributed by atoms with van der Waals surface area (Å²) in [6.45, 7) is 11.0. The van der Waals surface area contributed by atoms with Gasteiger partial charge in [0.15, 0.2) is 0 Å². The van der Waals surface area contributed by atoms with Crippen LogP contribution in [0.2, 0.25) is 0 Å². The lowest BCUT2D eigenvalue weighted by molar-refractivity contribution is -0.136. The van der Waals surface area contributed by atoms with Crippen LogP contribution >= 0.6 is 0 Å². The number of ether oxygens (including phenoxy) is 2. The van der Waals surface area contributed by atoms with Crippen molar-refractivity contribution in [2.24, 2.45) is 5.92 Å². The molecule has 1 fully saturated rings. The van der Waals surface area contributed by atoms with E-state index < -0.39 is 6.04 Å². The van der Waals surface area contributed by atoms with Crippen molar-refractivity contribution in [3.63, 3.8) is 0 Å². The van der Waals surface area contributed by atoms with E-state index in [-0.39, 0.29) is 35.8 Å².